The fraction of sp³-hybridized carbons (Fsp3) is 0.929. The quantitative estimate of drug-likeness (QED) is 0.0445. The number of rotatable bonds is 42. The number of unbranched alkanes of at least 4 members (excludes halogenated alkanes) is 26. The van der Waals surface area contributed by atoms with Crippen LogP contribution in [0.15, 0.2) is 0 Å². The van der Waals surface area contributed by atoms with E-state index in [4.69, 9.17) is 9.47 Å². The molecule has 374 valence electrons. The minimum atomic E-state index is -0.186. The summed E-state index contributed by atoms with van der Waals surface area (Å²) in [5.74, 6) is 1.17. The van der Waals surface area contributed by atoms with E-state index in [1.54, 1.807) is 13.8 Å². The average Bonchev–Trinajstić information content (AvgIpc) is 3.66. The summed E-state index contributed by atoms with van der Waals surface area (Å²) >= 11 is 0. The second-order valence-electron chi connectivity index (χ2n) is 19.4. The first-order chi connectivity index (χ1) is 30.6. The largest absolute Gasteiger partial charge is 0.466 e. The van der Waals surface area contributed by atoms with E-state index in [-0.39, 0.29) is 29.9 Å². The lowest BCUT2D eigenvalue weighted by Gasteiger charge is -2.21. The van der Waals surface area contributed by atoms with Crippen molar-refractivity contribution in [2.75, 3.05) is 19.7 Å². The van der Waals surface area contributed by atoms with Crippen molar-refractivity contribution in [3.63, 3.8) is 0 Å². The summed E-state index contributed by atoms with van der Waals surface area (Å²) in [6, 6.07) is -0.161. The molecule has 1 saturated heterocycles. The molecule has 2 unspecified atom stereocenters. The average molecular weight is 892 g/mol. The van der Waals surface area contributed by atoms with Crippen molar-refractivity contribution in [3.05, 3.63) is 0 Å². The second kappa shape index (κ2) is 49.7. The molecule has 1 rings (SSSR count). The van der Waals surface area contributed by atoms with Gasteiger partial charge in [-0.25, -0.2) is 0 Å². The van der Waals surface area contributed by atoms with Crippen molar-refractivity contribution in [1.29, 1.82) is 0 Å². The summed E-state index contributed by atoms with van der Waals surface area (Å²) in [6.45, 7) is 18.7. The highest BCUT2D eigenvalue weighted by atomic mass is 16.5. The normalized spacial score (nSPS) is 14.8. The van der Waals surface area contributed by atoms with Gasteiger partial charge in [-0.2, -0.15) is 0 Å². The third kappa shape index (κ3) is 46.6. The number of likely N-dealkylation sites (tertiary alicyclic amines) is 1. The van der Waals surface area contributed by atoms with Crippen LogP contribution in [-0.4, -0.2) is 60.2 Å². The summed E-state index contributed by atoms with van der Waals surface area (Å²) in [4.78, 5) is 48.4. The molecule has 0 N–H and O–H groups in total. The summed E-state index contributed by atoms with van der Waals surface area (Å²) < 4.78 is 10.9. The smallest absolute Gasteiger partial charge is 0.306 e. The molecule has 0 saturated carbocycles. The predicted octanol–water partition coefficient (Wildman–Crippen LogP) is 16.8. The summed E-state index contributed by atoms with van der Waals surface area (Å²) in [6.07, 6.45) is 46.2. The number of nitrogens with zero attached hydrogens (tertiary/aromatic N) is 1. The third-order valence-corrected chi connectivity index (χ3v) is 12.7. The second-order valence-corrected chi connectivity index (χ2v) is 19.4. The van der Waals surface area contributed by atoms with Gasteiger partial charge in [0.15, 0.2) is 0 Å². The Morgan fingerprint density at radius 1 is 0.476 bits per heavy atom. The first-order valence-electron chi connectivity index (χ1n) is 27.6. The first kappa shape index (κ1) is 63.3. The molecule has 7 nitrogen and oxygen atoms in total. The van der Waals surface area contributed by atoms with Gasteiger partial charge in [-0.3, -0.25) is 19.3 Å². The lowest BCUT2D eigenvalue weighted by molar-refractivity contribution is -0.148. The van der Waals surface area contributed by atoms with Crippen molar-refractivity contribution in [3.8, 4) is 0 Å². The molecule has 7 heteroatoms. The maximum Gasteiger partial charge on any atom is 0.306 e. The minimum Gasteiger partial charge on any atom is -0.466 e. The van der Waals surface area contributed by atoms with E-state index >= 15 is 0 Å². The van der Waals surface area contributed by atoms with E-state index in [1.807, 2.05) is 6.92 Å². The maximum atomic E-state index is 12.0. The van der Waals surface area contributed by atoms with E-state index in [9.17, 15) is 19.2 Å². The zero-order valence-electron chi connectivity index (χ0n) is 43.6. The van der Waals surface area contributed by atoms with Gasteiger partial charge in [0.1, 0.15) is 17.7 Å². The van der Waals surface area contributed by atoms with Crippen LogP contribution in [0.5, 0.6) is 0 Å². The number of carbonyl (C=O) groups excluding carboxylic acids is 4. The van der Waals surface area contributed by atoms with Crippen LogP contribution in [0.2, 0.25) is 0 Å². The predicted molar refractivity (Wildman–Crippen MR) is 271 cm³/mol. The summed E-state index contributed by atoms with van der Waals surface area (Å²) in [5.41, 5.74) is 0. The number of esters is 2. The van der Waals surface area contributed by atoms with Crippen LogP contribution in [-0.2, 0) is 28.7 Å². The Labute approximate surface area is 392 Å². The van der Waals surface area contributed by atoms with Gasteiger partial charge in [-0.15, -0.1) is 0 Å². The van der Waals surface area contributed by atoms with Gasteiger partial charge in [-0.05, 0) is 58.4 Å². The number of Topliss-reactive ketones (excluding diaryl/α,β-unsaturated/α-hetero) is 2. The fourth-order valence-corrected chi connectivity index (χ4v) is 8.52. The Kier molecular flexibility index (Phi) is 49.9. The molecule has 0 amide bonds. The summed E-state index contributed by atoms with van der Waals surface area (Å²) in [7, 11) is 0. The number of hydrogen-bond acceptors (Lipinski definition) is 7. The van der Waals surface area contributed by atoms with E-state index in [1.165, 1.54) is 173 Å². The molecule has 1 aliphatic heterocycles. The van der Waals surface area contributed by atoms with Crippen molar-refractivity contribution in [2.45, 2.75) is 312 Å². The molecule has 63 heavy (non-hydrogen) atoms. The molecule has 0 aliphatic carbocycles. The van der Waals surface area contributed by atoms with Crippen molar-refractivity contribution < 1.29 is 28.7 Å². The fourth-order valence-electron chi connectivity index (χ4n) is 8.52. The van der Waals surface area contributed by atoms with E-state index in [2.05, 4.69) is 39.5 Å². The van der Waals surface area contributed by atoms with Gasteiger partial charge in [0.25, 0.3) is 0 Å². The van der Waals surface area contributed by atoms with Crippen LogP contribution in [0, 0.1) is 5.92 Å². The van der Waals surface area contributed by atoms with Crippen molar-refractivity contribution in [2.24, 2.45) is 5.92 Å². The van der Waals surface area contributed by atoms with Gasteiger partial charge >= 0.3 is 11.9 Å². The standard InChI is InChI=1S/C27H49NO5.C18H38.C11H22O/c1-4-6-7-8-9-10-11-12-16-20-32-26(30)18-14-13-15-19-28-22-24(21-25(28)23(3)29)33-27(31)17-5-2;1-4-6-8-10-12-14-16-18(3)17-15-13-11-9-7-5-2;1-3-4-5-6-7-8-9-10-11(2)12/h24-25H,4-22H2,1-3H3;18H,4-17H2,1-3H3;3-10H2,1-2H3. The number of ether oxygens (including phenoxy) is 2. The summed E-state index contributed by atoms with van der Waals surface area (Å²) in [5, 5.41) is 0. The van der Waals surface area contributed by atoms with E-state index in [0.717, 1.165) is 63.8 Å². The van der Waals surface area contributed by atoms with Gasteiger partial charge in [0.2, 0.25) is 0 Å². The molecule has 0 aromatic carbocycles. The van der Waals surface area contributed by atoms with Crippen LogP contribution >= 0.6 is 0 Å². The Bertz CT molecular complexity index is 1000. The van der Waals surface area contributed by atoms with E-state index < -0.39 is 0 Å². The topological polar surface area (TPSA) is 90.0 Å². The highest BCUT2D eigenvalue weighted by Crippen LogP contribution is 2.23. The van der Waals surface area contributed by atoms with Crippen LogP contribution in [0.1, 0.15) is 299 Å². The third-order valence-electron chi connectivity index (χ3n) is 12.7. The first-order valence-corrected chi connectivity index (χ1v) is 27.6. The molecule has 2 atom stereocenters. The molecule has 1 aliphatic rings. The molecular weight excluding hydrogens is 783 g/mol. The van der Waals surface area contributed by atoms with Crippen LogP contribution in [0.4, 0.5) is 0 Å². The van der Waals surface area contributed by atoms with Gasteiger partial charge < -0.3 is 14.3 Å². The zero-order valence-corrected chi connectivity index (χ0v) is 43.6. The van der Waals surface area contributed by atoms with Gasteiger partial charge in [0.05, 0.1) is 12.6 Å². The monoisotopic (exact) mass is 892 g/mol. The Morgan fingerprint density at radius 3 is 1.33 bits per heavy atom. The lowest BCUT2D eigenvalue weighted by atomic mass is 9.96. The van der Waals surface area contributed by atoms with Crippen molar-refractivity contribution >= 4 is 23.5 Å². The molecule has 0 bridgehead atoms. The Morgan fingerprint density at radius 2 is 0.889 bits per heavy atom. The minimum absolute atomic E-state index is 0.0970. The Hall–Kier alpha value is -1.76. The number of ketones is 2. The Balaban J connectivity index is 0. The molecule has 0 spiro atoms. The van der Waals surface area contributed by atoms with Gasteiger partial charge in [0, 0.05) is 32.2 Å². The molecule has 1 fully saturated rings. The maximum absolute atomic E-state index is 12.0. The van der Waals surface area contributed by atoms with E-state index in [0.29, 0.717) is 38.2 Å². The lowest BCUT2D eigenvalue weighted by Crippen LogP contribution is -2.35. The van der Waals surface area contributed by atoms with Crippen molar-refractivity contribution in [1.82, 2.24) is 4.90 Å². The number of hydrogen-bond donors (Lipinski definition) is 0. The molecule has 0 aromatic heterocycles. The van der Waals surface area contributed by atoms with Gasteiger partial charge in [-0.1, -0.05) is 228 Å². The zero-order chi connectivity index (χ0) is 47.0. The number of carbonyl (C=O) groups is 4. The molecule has 0 aromatic rings. The highest BCUT2D eigenvalue weighted by molar-refractivity contribution is 5.82. The van der Waals surface area contributed by atoms with Crippen LogP contribution < -0.4 is 0 Å². The highest BCUT2D eigenvalue weighted by Gasteiger charge is 2.36. The van der Waals surface area contributed by atoms with Crippen LogP contribution in [0.25, 0.3) is 0 Å². The molecular formula is C56H109NO6. The SMILES string of the molecule is CCCCCCCCC(C)CCCCCCCC.CCCCCCCCCC(C)=O.CCCCCCCCCCCOC(=O)CCCCCN1CC(OC(=O)CCC)CC1C(C)=O. The molecule has 1 heterocycles. The van der Waals surface area contributed by atoms with Crippen LogP contribution in [0.3, 0.4) is 0 Å². The molecule has 0 radical (unpaired) electrons.